The normalized spacial score (nSPS) is 14.1. The third kappa shape index (κ3) is 4.12. The second kappa shape index (κ2) is 8.19. The first-order valence-electron chi connectivity index (χ1n) is 10.5. The highest BCUT2D eigenvalue weighted by molar-refractivity contribution is 5.70. The predicted molar refractivity (Wildman–Crippen MR) is 122 cm³/mol. The lowest BCUT2D eigenvalue weighted by molar-refractivity contribution is 0.810. The van der Waals surface area contributed by atoms with E-state index in [0.717, 1.165) is 19.3 Å². The second-order valence-corrected chi connectivity index (χ2v) is 8.26. The molecule has 0 saturated heterocycles. The van der Waals surface area contributed by atoms with Crippen LogP contribution >= 0.6 is 0 Å². The Morgan fingerprint density at radius 1 is 0.571 bits per heavy atom. The van der Waals surface area contributed by atoms with Crippen molar-refractivity contribution in [3.63, 3.8) is 0 Å². The summed E-state index contributed by atoms with van der Waals surface area (Å²) in [4.78, 5) is 0. The third-order valence-corrected chi connectivity index (χ3v) is 6.30. The van der Waals surface area contributed by atoms with Gasteiger partial charge in [-0.05, 0) is 97.4 Å². The van der Waals surface area contributed by atoms with Crippen LogP contribution in [0.25, 0.3) is 12.2 Å². The highest BCUT2D eigenvalue weighted by Gasteiger charge is 2.11. The average molecular weight is 367 g/mol. The molecule has 0 heteroatoms. The van der Waals surface area contributed by atoms with Crippen molar-refractivity contribution in [3.05, 3.63) is 105 Å². The summed E-state index contributed by atoms with van der Waals surface area (Å²) >= 11 is 0. The Morgan fingerprint density at radius 3 is 1.86 bits per heavy atom. The quantitative estimate of drug-likeness (QED) is 0.426. The number of hydrogen-bond acceptors (Lipinski definition) is 0. The van der Waals surface area contributed by atoms with Crippen LogP contribution in [0.5, 0.6) is 0 Å². The van der Waals surface area contributed by atoms with E-state index in [9.17, 15) is 0 Å². The summed E-state index contributed by atoms with van der Waals surface area (Å²) in [5.74, 6) is 0. The van der Waals surface area contributed by atoms with Gasteiger partial charge in [-0.2, -0.15) is 0 Å². The molecule has 0 radical (unpaired) electrons. The minimum atomic E-state index is 1.12. The van der Waals surface area contributed by atoms with Crippen molar-refractivity contribution in [2.45, 2.75) is 52.9 Å². The van der Waals surface area contributed by atoms with Crippen LogP contribution in [0.4, 0.5) is 0 Å². The van der Waals surface area contributed by atoms with E-state index >= 15 is 0 Å². The minimum absolute atomic E-state index is 1.12. The standard InChI is InChI=1S/C28H30/c1-20-10-12-23(13-11-20)14-15-24-18-27-9-5-7-25-6-4-8-26(21(25)2)16-17-28(19-24)22(27)3/h4,6,8,10-15,18-19H,5,7,9,16-17H2,1-3H3/b15-14+. The Bertz CT molecular complexity index is 1000. The van der Waals surface area contributed by atoms with Crippen molar-refractivity contribution in [1.29, 1.82) is 0 Å². The molecule has 1 aliphatic rings. The van der Waals surface area contributed by atoms with Crippen LogP contribution in [0.3, 0.4) is 0 Å². The first-order chi connectivity index (χ1) is 13.6. The minimum Gasteiger partial charge on any atom is -0.0617 e. The highest BCUT2D eigenvalue weighted by Crippen LogP contribution is 2.26. The van der Waals surface area contributed by atoms with Crippen molar-refractivity contribution < 1.29 is 0 Å². The lowest BCUT2D eigenvalue weighted by atomic mass is 9.92. The SMILES string of the molecule is Cc1ccc(/C=C/c2cc3c(C)c(c2)CCc2cccc(c2C)CCC3)cc1. The van der Waals surface area contributed by atoms with E-state index in [2.05, 4.69) is 87.5 Å². The fraction of sp³-hybridized carbons (Fsp3) is 0.286. The maximum atomic E-state index is 2.41. The first-order valence-corrected chi connectivity index (χ1v) is 10.5. The smallest absolute Gasteiger partial charge is 0.0235 e. The number of rotatable bonds is 2. The zero-order valence-electron chi connectivity index (χ0n) is 17.4. The van der Waals surface area contributed by atoms with Crippen LogP contribution in [-0.2, 0) is 25.7 Å². The summed E-state index contributed by atoms with van der Waals surface area (Å²) in [7, 11) is 0. The Kier molecular flexibility index (Phi) is 5.48. The fourth-order valence-electron chi connectivity index (χ4n) is 4.37. The van der Waals surface area contributed by atoms with E-state index in [1.807, 2.05) is 0 Å². The third-order valence-electron chi connectivity index (χ3n) is 6.30. The molecule has 0 spiro atoms. The molecule has 28 heavy (non-hydrogen) atoms. The Labute approximate surface area is 169 Å². The molecule has 1 aliphatic carbocycles. The van der Waals surface area contributed by atoms with Gasteiger partial charge in [0.05, 0.1) is 0 Å². The van der Waals surface area contributed by atoms with Crippen LogP contribution in [0, 0.1) is 20.8 Å². The van der Waals surface area contributed by atoms with Crippen LogP contribution in [0.1, 0.15) is 56.5 Å². The maximum Gasteiger partial charge on any atom is -0.0235 e. The van der Waals surface area contributed by atoms with Crippen LogP contribution in [0.15, 0.2) is 54.6 Å². The largest absolute Gasteiger partial charge is 0.0617 e. The monoisotopic (exact) mass is 366 g/mol. The predicted octanol–water partition coefficient (Wildman–Crippen LogP) is 7.06. The second-order valence-electron chi connectivity index (χ2n) is 8.26. The first kappa shape index (κ1) is 18.7. The van der Waals surface area contributed by atoms with Gasteiger partial charge in [0, 0.05) is 0 Å². The molecule has 0 heterocycles. The summed E-state index contributed by atoms with van der Waals surface area (Å²) in [6.07, 6.45) is 10.3. The van der Waals surface area contributed by atoms with E-state index in [1.165, 1.54) is 62.9 Å². The molecular formula is C28H30. The Hall–Kier alpha value is -2.60. The summed E-state index contributed by atoms with van der Waals surface area (Å²) < 4.78 is 0. The molecule has 0 nitrogen and oxygen atoms in total. The van der Waals surface area contributed by atoms with Gasteiger partial charge in [-0.25, -0.2) is 0 Å². The van der Waals surface area contributed by atoms with Gasteiger partial charge >= 0.3 is 0 Å². The fourth-order valence-corrected chi connectivity index (χ4v) is 4.37. The van der Waals surface area contributed by atoms with E-state index < -0.39 is 0 Å². The van der Waals surface area contributed by atoms with Crippen molar-refractivity contribution in [2.75, 3.05) is 0 Å². The molecule has 0 saturated carbocycles. The van der Waals surface area contributed by atoms with Gasteiger partial charge in [0.1, 0.15) is 0 Å². The van der Waals surface area contributed by atoms with Gasteiger partial charge in [-0.1, -0.05) is 72.3 Å². The highest BCUT2D eigenvalue weighted by atomic mass is 14.2. The molecule has 0 N–H and O–H groups in total. The van der Waals surface area contributed by atoms with E-state index in [-0.39, 0.29) is 0 Å². The molecule has 0 atom stereocenters. The molecule has 0 unspecified atom stereocenters. The van der Waals surface area contributed by atoms with E-state index in [4.69, 9.17) is 0 Å². The van der Waals surface area contributed by atoms with E-state index in [0.29, 0.717) is 0 Å². The molecule has 0 amide bonds. The van der Waals surface area contributed by atoms with Crippen molar-refractivity contribution in [3.8, 4) is 0 Å². The summed E-state index contributed by atoms with van der Waals surface area (Å²) in [5, 5.41) is 0. The Morgan fingerprint density at radius 2 is 1.11 bits per heavy atom. The summed E-state index contributed by atoms with van der Waals surface area (Å²) in [6.45, 7) is 6.76. The molecular weight excluding hydrogens is 336 g/mol. The molecule has 142 valence electrons. The number of benzene rings is 3. The topological polar surface area (TPSA) is 0 Å². The maximum absolute atomic E-state index is 2.41. The van der Waals surface area contributed by atoms with E-state index in [1.54, 1.807) is 0 Å². The molecule has 3 aromatic carbocycles. The van der Waals surface area contributed by atoms with Crippen LogP contribution in [-0.4, -0.2) is 0 Å². The van der Waals surface area contributed by atoms with Gasteiger partial charge in [-0.3, -0.25) is 0 Å². The van der Waals surface area contributed by atoms with Gasteiger partial charge in [0.2, 0.25) is 0 Å². The van der Waals surface area contributed by atoms with Crippen LogP contribution < -0.4 is 0 Å². The molecule has 4 bridgehead atoms. The van der Waals surface area contributed by atoms with Crippen molar-refractivity contribution >= 4 is 12.2 Å². The van der Waals surface area contributed by atoms with Crippen molar-refractivity contribution in [2.24, 2.45) is 0 Å². The molecule has 0 aliphatic heterocycles. The molecule has 0 fully saturated rings. The van der Waals surface area contributed by atoms with Gasteiger partial charge < -0.3 is 0 Å². The molecule has 3 aromatic rings. The average Bonchev–Trinajstić information content (AvgIpc) is 2.70. The zero-order chi connectivity index (χ0) is 19.5. The lowest BCUT2D eigenvalue weighted by Crippen LogP contribution is -2.00. The van der Waals surface area contributed by atoms with Crippen molar-refractivity contribution in [1.82, 2.24) is 0 Å². The molecule has 0 aromatic heterocycles. The van der Waals surface area contributed by atoms with Gasteiger partial charge in [-0.15, -0.1) is 0 Å². The number of fused-ring (bicyclic) bond motifs is 4. The molecule has 4 rings (SSSR count). The lowest BCUT2D eigenvalue weighted by Gasteiger charge is -2.13. The summed E-state index contributed by atoms with van der Waals surface area (Å²) in [6, 6.07) is 20.4. The van der Waals surface area contributed by atoms with Gasteiger partial charge in [0.25, 0.3) is 0 Å². The number of aryl methyl sites for hydroxylation is 5. The van der Waals surface area contributed by atoms with Crippen LogP contribution in [0.2, 0.25) is 0 Å². The van der Waals surface area contributed by atoms with Gasteiger partial charge in [0.15, 0.2) is 0 Å². The zero-order valence-corrected chi connectivity index (χ0v) is 17.4. The Balaban J connectivity index is 1.66. The summed E-state index contributed by atoms with van der Waals surface area (Å²) in [5.41, 5.74) is 13.0. The number of hydrogen-bond donors (Lipinski definition) is 0.